The number of amides is 1. The second kappa shape index (κ2) is 4.39. The Morgan fingerprint density at radius 2 is 2.44 bits per heavy atom. The number of azide groups is 1. The lowest BCUT2D eigenvalue weighted by molar-refractivity contribution is 0.0966. The van der Waals surface area contributed by atoms with Crippen LogP contribution in [-0.2, 0) is 6.54 Å². The standard InChI is InChI=1S/C11H8N4O/c12-15-14-6-2-4-8-3-1-5-9-10(8)7-13-11(9)16/h1,3,5H,6-7H2,(H,13,16). The van der Waals surface area contributed by atoms with Gasteiger partial charge in [0, 0.05) is 22.6 Å². The average Bonchev–Trinajstić information content (AvgIpc) is 2.68. The predicted molar refractivity (Wildman–Crippen MR) is 58.5 cm³/mol. The summed E-state index contributed by atoms with van der Waals surface area (Å²) in [7, 11) is 0. The van der Waals surface area contributed by atoms with Crippen molar-refractivity contribution in [2.24, 2.45) is 5.11 Å². The quantitative estimate of drug-likeness (QED) is 0.326. The van der Waals surface area contributed by atoms with Gasteiger partial charge >= 0.3 is 0 Å². The van der Waals surface area contributed by atoms with E-state index in [1.807, 2.05) is 6.07 Å². The van der Waals surface area contributed by atoms with Gasteiger partial charge in [-0.2, -0.15) is 0 Å². The van der Waals surface area contributed by atoms with Gasteiger partial charge in [-0.25, -0.2) is 0 Å². The Morgan fingerprint density at radius 3 is 3.25 bits per heavy atom. The number of fused-ring (bicyclic) bond motifs is 1. The highest BCUT2D eigenvalue weighted by molar-refractivity contribution is 5.98. The van der Waals surface area contributed by atoms with Crippen LogP contribution in [0, 0.1) is 11.8 Å². The van der Waals surface area contributed by atoms with E-state index in [-0.39, 0.29) is 12.5 Å². The van der Waals surface area contributed by atoms with Crippen molar-refractivity contribution in [3.8, 4) is 11.8 Å². The van der Waals surface area contributed by atoms with E-state index in [0.29, 0.717) is 12.1 Å². The Balaban J connectivity index is 2.32. The van der Waals surface area contributed by atoms with Crippen LogP contribution in [-0.4, -0.2) is 12.5 Å². The number of benzene rings is 1. The largest absolute Gasteiger partial charge is 0.348 e. The molecule has 5 heteroatoms. The van der Waals surface area contributed by atoms with Crippen molar-refractivity contribution < 1.29 is 4.79 Å². The van der Waals surface area contributed by atoms with Crippen molar-refractivity contribution in [3.05, 3.63) is 45.3 Å². The van der Waals surface area contributed by atoms with Crippen LogP contribution in [0.15, 0.2) is 23.3 Å². The molecule has 0 aliphatic carbocycles. The Bertz CT molecular complexity index is 547. The summed E-state index contributed by atoms with van der Waals surface area (Å²) >= 11 is 0. The van der Waals surface area contributed by atoms with E-state index < -0.39 is 0 Å². The predicted octanol–water partition coefficient (Wildman–Crippen LogP) is 1.59. The maximum atomic E-state index is 11.4. The van der Waals surface area contributed by atoms with Gasteiger partial charge in [-0.05, 0) is 23.2 Å². The first-order valence-electron chi connectivity index (χ1n) is 4.73. The van der Waals surface area contributed by atoms with Crippen molar-refractivity contribution in [1.82, 2.24) is 5.32 Å². The van der Waals surface area contributed by atoms with Crippen LogP contribution >= 0.6 is 0 Å². The summed E-state index contributed by atoms with van der Waals surface area (Å²) in [5, 5.41) is 6.06. The highest BCUT2D eigenvalue weighted by Crippen LogP contribution is 2.18. The minimum Gasteiger partial charge on any atom is -0.348 e. The van der Waals surface area contributed by atoms with Gasteiger partial charge in [0.2, 0.25) is 0 Å². The van der Waals surface area contributed by atoms with Crippen LogP contribution in [0.4, 0.5) is 0 Å². The zero-order valence-electron chi connectivity index (χ0n) is 8.40. The van der Waals surface area contributed by atoms with Crippen molar-refractivity contribution in [2.45, 2.75) is 6.54 Å². The SMILES string of the molecule is [N-]=[N+]=NCC#Cc1cccc2c1CNC2=O. The van der Waals surface area contributed by atoms with E-state index in [2.05, 4.69) is 27.2 Å². The molecule has 0 atom stereocenters. The summed E-state index contributed by atoms with van der Waals surface area (Å²) in [5.74, 6) is 5.57. The topological polar surface area (TPSA) is 77.9 Å². The van der Waals surface area contributed by atoms with Crippen LogP contribution in [0.2, 0.25) is 0 Å². The molecule has 0 saturated carbocycles. The number of carbonyl (C=O) groups is 1. The molecule has 2 rings (SSSR count). The van der Waals surface area contributed by atoms with Gasteiger partial charge in [0.25, 0.3) is 5.91 Å². The van der Waals surface area contributed by atoms with Crippen molar-refractivity contribution in [1.29, 1.82) is 0 Å². The van der Waals surface area contributed by atoms with E-state index in [9.17, 15) is 4.79 Å². The lowest BCUT2D eigenvalue weighted by Crippen LogP contribution is -2.12. The molecule has 0 bridgehead atoms. The zero-order chi connectivity index (χ0) is 11.4. The summed E-state index contributed by atoms with van der Waals surface area (Å²) in [4.78, 5) is 14.0. The summed E-state index contributed by atoms with van der Waals surface area (Å²) in [6.07, 6.45) is 0. The molecule has 1 aromatic carbocycles. The molecule has 1 aliphatic rings. The average molecular weight is 212 g/mol. The molecule has 0 spiro atoms. The monoisotopic (exact) mass is 212 g/mol. The molecule has 1 amide bonds. The number of carbonyl (C=O) groups excluding carboxylic acids is 1. The molecule has 0 radical (unpaired) electrons. The Kier molecular flexibility index (Phi) is 2.77. The van der Waals surface area contributed by atoms with Crippen LogP contribution in [0.1, 0.15) is 21.5 Å². The van der Waals surface area contributed by atoms with Crippen molar-refractivity contribution in [3.63, 3.8) is 0 Å². The van der Waals surface area contributed by atoms with E-state index in [1.165, 1.54) is 0 Å². The fourth-order valence-electron chi connectivity index (χ4n) is 1.57. The third-order valence-electron chi connectivity index (χ3n) is 2.28. The second-order valence-electron chi connectivity index (χ2n) is 3.21. The van der Waals surface area contributed by atoms with Gasteiger partial charge in [-0.1, -0.05) is 23.0 Å². The van der Waals surface area contributed by atoms with Crippen LogP contribution in [0.25, 0.3) is 10.4 Å². The molecule has 1 aromatic rings. The maximum Gasteiger partial charge on any atom is 0.251 e. The Labute approximate surface area is 92.1 Å². The number of nitrogens with zero attached hydrogens (tertiary/aromatic N) is 3. The summed E-state index contributed by atoms with van der Waals surface area (Å²) < 4.78 is 0. The molecule has 1 heterocycles. The zero-order valence-corrected chi connectivity index (χ0v) is 8.40. The van der Waals surface area contributed by atoms with E-state index in [0.717, 1.165) is 11.1 Å². The van der Waals surface area contributed by atoms with E-state index >= 15 is 0 Å². The second-order valence-corrected chi connectivity index (χ2v) is 3.21. The lowest BCUT2D eigenvalue weighted by atomic mass is 10.0. The van der Waals surface area contributed by atoms with Gasteiger partial charge in [0.05, 0.1) is 6.54 Å². The molecule has 1 aliphatic heterocycles. The summed E-state index contributed by atoms with van der Waals surface area (Å²) in [6.45, 7) is 0.655. The smallest absolute Gasteiger partial charge is 0.251 e. The van der Waals surface area contributed by atoms with Crippen molar-refractivity contribution in [2.75, 3.05) is 6.54 Å². The van der Waals surface area contributed by atoms with Crippen LogP contribution < -0.4 is 5.32 Å². The first-order valence-corrected chi connectivity index (χ1v) is 4.73. The molecule has 1 N–H and O–H groups in total. The van der Waals surface area contributed by atoms with Gasteiger partial charge in [-0.3, -0.25) is 4.79 Å². The fourth-order valence-corrected chi connectivity index (χ4v) is 1.57. The molecule has 5 nitrogen and oxygen atoms in total. The van der Waals surface area contributed by atoms with Gasteiger partial charge < -0.3 is 5.32 Å². The summed E-state index contributed by atoms with van der Waals surface area (Å²) in [6, 6.07) is 5.42. The minimum absolute atomic E-state index is 0.0614. The fraction of sp³-hybridized carbons (Fsp3) is 0.182. The number of rotatable bonds is 1. The number of nitrogens with one attached hydrogen (secondary N) is 1. The third kappa shape index (κ3) is 1.83. The summed E-state index contributed by atoms with van der Waals surface area (Å²) in [5.41, 5.74) is 10.5. The Hall–Kier alpha value is -2.44. The number of hydrogen-bond acceptors (Lipinski definition) is 2. The minimum atomic E-state index is -0.0614. The van der Waals surface area contributed by atoms with Gasteiger partial charge in [-0.15, -0.1) is 0 Å². The van der Waals surface area contributed by atoms with Crippen molar-refractivity contribution >= 4 is 5.91 Å². The molecule has 0 unspecified atom stereocenters. The molecule has 16 heavy (non-hydrogen) atoms. The maximum absolute atomic E-state index is 11.4. The molecular formula is C11H8N4O. The highest BCUT2D eigenvalue weighted by Gasteiger charge is 2.20. The van der Waals surface area contributed by atoms with E-state index in [4.69, 9.17) is 5.53 Å². The van der Waals surface area contributed by atoms with Gasteiger partial charge in [0.1, 0.15) is 0 Å². The van der Waals surface area contributed by atoms with E-state index in [1.54, 1.807) is 12.1 Å². The third-order valence-corrected chi connectivity index (χ3v) is 2.28. The van der Waals surface area contributed by atoms with Crippen LogP contribution in [0.3, 0.4) is 0 Å². The first-order chi connectivity index (χ1) is 7.83. The lowest BCUT2D eigenvalue weighted by Gasteiger charge is -1.97. The molecule has 0 fully saturated rings. The molecule has 0 saturated heterocycles. The van der Waals surface area contributed by atoms with Gasteiger partial charge in [0.15, 0.2) is 0 Å². The Morgan fingerprint density at radius 1 is 1.56 bits per heavy atom. The normalized spacial score (nSPS) is 11.9. The molecule has 78 valence electrons. The molecule has 0 aromatic heterocycles. The highest BCUT2D eigenvalue weighted by atomic mass is 16.1. The van der Waals surface area contributed by atoms with Crippen LogP contribution in [0.5, 0.6) is 0 Å². The first kappa shape index (κ1) is 10.1. The number of hydrogen-bond donors (Lipinski definition) is 1. The molecular weight excluding hydrogens is 204 g/mol.